The minimum absolute atomic E-state index is 0.302. The van der Waals surface area contributed by atoms with E-state index in [0.29, 0.717) is 17.8 Å². The minimum Gasteiger partial charge on any atom is -0.488 e. The third-order valence-electron chi connectivity index (χ3n) is 3.26. The number of aromatic nitrogens is 1. The first-order valence-electron chi connectivity index (χ1n) is 9.51. The Morgan fingerprint density at radius 3 is 2.03 bits per heavy atom. The van der Waals surface area contributed by atoms with Crippen molar-refractivity contribution >= 4 is 5.71 Å². The van der Waals surface area contributed by atoms with Crippen LogP contribution in [-0.2, 0) is 9.47 Å². The molecule has 1 heterocycles. The summed E-state index contributed by atoms with van der Waals surface area (Å²) in [5, 5.41) is 0. The lowest BCUT2D eigenvalue weighted by Gasteiger charge is -2.29. The molecule has 162 valence electrons. The van der Waals surface area contributed by atoms with Crippen LogP contribution in [0.5, 0.6) is 0 Å². The van der Waals surface area contributed by atoms with E-state index in [1.807, 2.05) is 0 Å². The van der Waals surface area contributed by atoms with Crippen molar-refractivity contribution in [1.29, 1.82) is 0 Å². The van der Waals surface area contributed by atoms with Gasteiger partial charge in [0.2, 0.25) is 5.88 Å². The molecule has 0 fully saturated rings. The second-order valence-electron chi connectivity index (χ2n) is 8.50. The van der Waals surface area contributed by atoms with Crippen molar-refractivity contribution in [3.05, 3.63) is 53.4 Å². The molecule has 0 amide bonds. The van der Waals surface area contributed by atoms with Gasteiger partial charge < -0.3 is 9.47 Å². The summed E-state index contributed by atoms with van der Waals surface area (Å²) < 4.78 is 54.0. The van der Waals surface area contributed by atoms with Crippen LogP contribution >= 0.6 is 0 Å². The predicted octanol–water partition coefficient (Wildman–Crippen LogP) is 6.59. The lowest BCUT2D eigenvalue weighted by atomic mass is 10.1. The number of halogens is 3. The quantitative estimate of drug-likeness (QED) is 0.301. The molecule has 0 atom stereocenters. The molecule has 0 N–H and O–H groups in total. The van der Waals surface area contributed by atoms with Gasteiger partial charge in [-0.3, -0.25) is 4.98 Å². The summed E-state index contributed by atoms with van der Waals surface area (Å²) in [4.78, 5) is 8.36. The van der Waals surface area contributed by atoms with Gasteiger partial charge in [-0.15, -0.1) is 0 Å². The van der Waals surface area contributed by atoms with Crippen LogP contribution in [0.1, 0.15) is 67.5 Å². The average molecular weight is 412 g/mol. The third-order valence-corrected chi connectivity index (χ3v) is 3.26. The van der Waals surface area contributed by atoms with Gasteiger partial charge in [-0.05, 0) is 73.1 Å². The van der Waals surface area contributed by atoms with Gasteiger partial charge >= 0.3 is 6.18 Å². The van der Waals surface area contributed by atoms with E-state index in [9.17, 15) is 13.2 Å². The van der Waals surface area contributed by atoms with Gasteiger partial charge in [0.05, 0.1) is 11.4 Å². The molecule has 4 nitrogen and oxygen atoms in total. The van der Waals surface area contributed by atoms with Crippen molar-refractivity contribution in [2.75, 3.05) is 0 Å². The van der Waals surface area contributed by atoms with E-state index < -0.39 is 28.8 Å². The highest BCUT2D eigenvalue weighted by molar-refractivity contribution is 5.97. The molecule has 29 heavy (non-hydrogen) atoms. The van der Waals surface area contributed by atoms with Crippen molar-refractivity contribution in [2.45, 2.75) is 79.2 Å². The van der Waals surface area contributed by atoms with E-state index in [1.54, 1.807) is 79.8 Å². The summed E-state index contributed by atoms with van der Waals surface area (Å²) in [6.45, 7) is 13.4. The summed E-state index contributed by atoms with van der Waals surface area (Å²) >= 11 is 0. The third kappa shape index (κ3) is 8.71. The Morgan fingerprint density at radius 1 is 1.03 bits per heavy atom. The largest absolute Gasteiger partial charge is 0.488 e. The van der Waals surface area contributed by atoms with E-state index in [-0.39, 0.29) is 5.76 Å². The summed E-state index contributed by atoms with van der Waals surface area (Å²) in [6.07, 6.45) is -1.43. The molecule has 0 saturated heterocycles. The maximum absolute atomic E-state index is 14.2. The van der Waals surface area contributed by atoms with Gasteiger partial charge in [-0.25, -0.2) is 4.99 Å². The van der Waals surface area contributed by atoms with Crippen molar-refractivity contribution in [3.8, 4) is 0 Å². The van der Waals surface area contributed by atoms with Gasteiger partial charge in [-0.2, -0.15) is 13.2 Å². The molecule has 1 aromatic rings. The van der Waals surface area contributed by atoms with Gasteiger partial charge in [0.1, 0.15) is 17.0 Å². The Balaban J connectivity index is 3.78. The molecule has 0 aromatic carbocycles. The van der Waals surface area contributed by atoms with Gasteiger partial charge in [0.25, 0.3) is 0 Å². The van der Waals surface area contributed by atoms with Crippen LogP contribution < -0.4 is 0 Å². The van der Waals surface area contributed by atoms with E-state index in [1.165, 1.54) is 6.08 Å². The molecular weight excluding hydrogens is 381 g/mol. The molecule has 0 unspecified atom stereocenters. The zero-order chi connectivity index (χ0) is 22.5. The highest BCUT2D eigenvalue weighted by Gasteiger charge is 2.43. The van der Waals surface area contributed by atoms with Gasteiger partial charge in [0, 0.05) is 6.20 Å². The summed E-state index contributed by atoms with van der Waals surface area (Å²) in [6, 6.07) is 5.14. The zero-order valence-electron chi connectivity index (χ0n) is 18.4. The number of ether oxygens (including phenoxy) is 2. The van der Waals surface area contributed by atoms with E-state index >= 15 is 0 Å². The van der Waals surface area contributed by atoms with Gasteiger partial charge in [0.15, 0.2) is 5.57 Å². The molecule has 0 aliphatic carbocycles. The Labute approximate surface area is 171 Å². The molecule has 1 rings (SSSR count). The van der Waals surface area contributed by atoms with Gasteiger partial charge in [-0.1, -0.05) is 13.0 Å². The lowest BCUT2D eigenvalue weighted by molar-refractivity contribution is -0.104. The number of alkyl halides is 3. The molecule has 0 saturated carbocycles. The Bertz CT molecular complexity index is 766. The van der Waals surface area contributed by atoms with Crippen molar-refractivity contribution in [1.82, 2.24) is 4.98 Å². The summed E-state index contributed by atoms with van der Waals surface area (Å²) in [5.41, 5.74) is -2.01. The Morgan fingerprint density at radius 2 is 1.62 bits per heavy atom. The van der Waals surface area contributed by atoms with Crippen molar-refractivity contribution in [3.63, 3.8) is 0 Å². The van der Waals surface area contributed by atoms with Crippen LogP contribution in [0.2, 0.25) is 0 Å². The lowest BCUT2D eigenvalue weighted by Crippen LogP contribution is -2.27. The topological polar surface area (TPSA) is 43.7 Å². The number of pyridine rings is 1. The van der Waals surface area contributed by atoms with Crippen LogP contribution in [0, 0.1) is 0 Å². The number of rotatable bonds is 6. The van der Waals surface area contributed by atoms with Crippen LogP contribution in [0.3, 0.4) is 0 Å². The van der Waals surface area contributed by atoms with Crippen LogP contribution in [0.25, 0.3) is 0 Å². The number of allylic oxidation sites excluding steroid dienone is 2. The van der Waals surface area contributed by atoms with Crippen LogP contribution in [0.15, 0.2) is 52.7 Å². The van der Waals surface area contributed by atoms with E-state index in [0.717, 1.165) is 0 Å². The Kier molecular flexibility index (Phi) is 8.07. The Hall–Kier alpha value is -2.31. The number of hydrogen-bond donors (Lipinski definition) is 0. The maximum Gasteiger partial charge on any atom is 0.425 e. The fourth-order valence-electron chi connectivity index (χ4n) is 2.28. The normalized spacial score (nSPS) is 15.1. The number of aliphatic imine (C=N–C) groups is 1. The molecule has 0 radical (unpaired) electrons. The van der Waals surface area contributed by atoms with Crippen LogP contribution in [-0.4, -0.2) is 28.1 Å². The molecule has 7 heteroatoms. The fourth-order valence-corrected chi connectivity index (χ4v) is 2.28. The molecule has 0 spiro atoms. The minimum atomic E-state index is -4.74. The maximum atomic E-state index is 14.2. The highest BCUT2D eigenvalue weighted by Crippen LogP contribution is 2.38. The second kappa shape index (κ2) is 9.46. The monoisotopic (exact) mass is 412 g/mol. The molecule has 0 aliphatic heterocycles. The first kappa shape index (κ1) is 24.7. The average Bonchev–Trinajstić information content (AvgIpc) is 2.51. The predicted molar refractivity (Wildman–Crippen MR) is 110 cm³/mol. The van der Waals surface area contributed by atoms with E-state index in [2.05, 4.69) is 9.98 Å². The first-order chi connectivity index (χ1) is 13.1. The second-order valence-corrected chi connectivity index (χ2v) is 8.50. The fraction of sp³-hybridized carbons (Fsp3) is 0.545. The molecule has 1 aromatic heterocycles. The van der Waals surface area contributed by atoms with E-state index in [4.69, 9.17) is 9.47 Å². The zero-order valence-corrected chi connectivity index (χ0v) is 18.4. The van der Waals surface area contributed by atoms with Crippen molar-refractivity contribution < 1.29 is 22.6 Å². The molecular formula is C22H31F3N2O2. The smallest absolute Gasteiger partial charge is 0.425 e. The molecule has 0 bridgehead atoms. The van der Waals surface area contributed by atoms with Crippen LogP contribution in [0.4, 0.5) is 13.2 Å². The number of nitrogens with zero attached hydrogens (tertiary/aromatic N) is 2. The first-order valence-corrected chi connectivity index (χ1v) is 9.51. The summed E-state index contributed by atoms with van der Waals surface area (Å²) in [5.74, 6) is -0.846. The SMILES string of the molecule is CC/C=C(OC(C)(C)C)/C(=C(\N=C(C)c1ccccn1)OC(C)(C)C)C(F)(F)F. The summed E-state index contributed by atoms with van der Waals surface area (Å²) in [7, 11) is 0. The molecule has 0 aliphatic rings. The van der Waals surface area contributed by atoms with Crippen molar-refractivity contribution in [2.24, 2.45) is 4.99 Å². The standard InChI is InChI=1S/C22H31F3N2O2/c1-9-12-17(28-20(3,4)5)18(22(23,24)25)19(29-21(6,7)8)27-15(2)16-13-10-11-14-26-16/h10-14H,9H2,1-8H3/b17-12-,19-18-,27-15?. The number of hydrogen-bond acceptors (Lipinski definition) is 4. The highest BCUT2D eigenvalue weighted by atomic mass is 19.4.